The fraction of sp³-hybridized carbons (Fsp3) is 0.0625. The van der Waals surface area contributed by atoms with E-state index in [1.54, 1.807) is 0 Å². The van der Waals surface area contributed by atoms with E-state index in [2.05, 4.69) is 371 Å². The molecule has 8 heteroatoms. The van der Waals surface area contributed by atoms with Crippen molar-refractivity contribution in [1.29, 1.82) is 0 Å². The van der Waals surface area contributed by atoms with E-state index >= 15 is 0 Å². The fourth-order valence-corrected chi connectivity index (χ4v) is 16.6. The Bertz CT molecular complexity index is 5620. The molecule has 0 spiro atoms. The summed E-state index contributed by atoms with van der Waals surface area (Å²) in [6.07, 6.45) is 0. The van der Waals surface area contributed by atoms with Gasteiger partial charge in [-0.05, 0) is 167 Å². The summed E-state index contributed by atoms with van der Waals surface area (Å²) < 4.78 is 23.8. The lowest BCUT2D eigenvalue weighted by molar-refractivity contribution is 0.202. The van der Waals surface area contributed by atoms with Gasteiger partial charge in [-0.3, -0.25) is 0 Å². The lowest BCUT2D eigenvalue weighted by atomic mass is 9.69. The monoisotopic (exact) mass is 1340 g/mol. The van der Waals surface area contributed by atoms with Crippen molar-refractivity contribution in [1.82, 2.24) is 18.3 Å². The summed E-state index contributed by atoms with van der Waals surface area (Å²) in [6, 6.07) is 125. The number of nitrogens with zero attached hydrogens (tertiary/aromatic N) is 4. The summed E-state index contributed by atoms with van der Waals surface area (Å²) >= 11 is 0. The third-order valence-corrected chi connectivity index (χ3v) is 21.3. The quantitative estimate of drug-likeness (QED) is 0.0891. The van der Waals surface area contributed by atoms with Crippen molar-refractivity contribution in [3.63, 3.8) is 0 Å². The highest BCUT2D eigenvalue weighted by atomic mass is 16.5. The second-order valence-corrected chi connectivity index (χ2v) is 27.1. The highest BCUT2D eigenvalue weighted by molar-refractivity contribution is 6.13. The average Bonchev–Trinajstić information content (AvgIpc) is 1.06. The molecule has 0 unspecified atom stereocenters. The first kappa shape index (κ1) is 62.1. The van der Waals surface area contributed by atoms with Crippen LogP contribution in [0.4, 0.5) is 0 Å². The maximum atomic E-state index is 11.0. The van der Waals surface area contributed by atoms with Crippen LogP contribution < -0.4 is 9.47 Å². The zero-order chi connectivity index (χ0) is 69.4. The van der Waals surface area contributed by atoms with Gasteiger partial charge in [-0.25, -0.2) is 0 Å². The van der Waals surface area contributed by atoms with Gasteiger partial charge in [0.2, 0.25) is 0 Å². The van der Waals surface area contributed by atoms with E-state index in [1.165, 1.54) is 43.1 Å². The minimum absolute atomic E-state index is 0.0534. The Morgan fingerprint density at radius 1 is 0.240 bits per heavy atom. The third-order valence-electron chi connectivity index (χ3n) is 21.3. The van der Waals surface area contributed by atoms with Crippen LogP contribution in [0.15, 0.2) is 346 Å². The third kappa shape index (κ3) is 10.1. The summed E-state index contributed by atoms with van der Waals surface area (Å²) in [5.41, 5.74) is 22.1. The normalized spacial score (nSPS) is 12.0. The van der Waals surface area contributed by atoms with Crippen molar-refractivity contribution in [2.45, 2.75) is 12.3 Å². The smallest absolute Gasteiger partial charge is 0.135 e. The summed E-state index contributed by atoms with van der Waals surface area (Å²) in [7, 11) is 0. The Labute approximate surface area is 601 Å². The molecule has 498 valence electrons. The minimum Gasteiger partial charge on any atom is -0.490 e. The molecule has 0 saturated carbocycles. The van der Waals surface area contributed by atoms with Gasteiger partial charge in [0.1, 0.15) is 24.7 Å². The summed E-state index contributed by atoms with van der Waals surface area (Å²) in [6.45, 7) is 2.08. The van der Waals surface area contributed by atoms with Crippen LogP contribution in [-0.4, -0.2) is 54.9 Å². The molecule has 19 aromatic rings. The van der Waals surface area contributed by atoms with Crippen molar-refractivity contribution < 1.29 is 19.7 Å². The van der Waals surface area contributed by atoms with Crippen molar-refractivity contribution in [2.24, 2.45) is 0 Å². The van der Waals surface area contributed by atoms with Gasteiger partial charge < -0.3 is 38.0 Å². The van der Waals surface area contributed by atoms with Crippen LogP contribution in [0.5, 0.6) is 11.5 Å². The highest BCUT2D eigenvalue weighted by Gasteiger charge is 2.36. The van der Waals surface area contributed by atoms with Gasteiger partial charge >= 0.3 is 0 Å². The number of hydrogen-bond acceptors (Lipinski definition) is 4. The number of benzene rings is 15. The average molecular weight is 1340 g/mol. The van der Waals surface area contributed by atoms with E-state index in [0.29, 0.717) is 11.5 Å². The van der Waals surface area contributed by atoms with Gasteiger partial charge in [-0.1, -0.05) is 224 Å². The first-order chi connectivity index (χ1) is 51.4. The SMILES string of the molecule is CC(c1ccccc1)(c1cc(-c2cccc(-n3c4ccccc4c4ccccc43)c2)c(OCCO)c(-c2cccc(-n3c4ccccc4c4ccccc43)c2)c1)c1cc(-c2cccc(-n3c4ccccc4c4ccccc43)c2)c(OCCO)c(-c2cccc(-n3c4ccccc4c4ccccc43)c2)c1. The molecule has 4 heterocycles. The number of aromatic nitrogens is 4. The van der Waals surface area contributed by atoms with E-state index in [1.807, 2.05) is 0 Å². The molecule has 0 amide bonds. The molecular weight excluding hydrogens is 1270 g/mol. The first-order valence-electron chi connectivity index (χ1n) is 35.7. The Hall–Kier alpha value is -13.0. The fourth-order valence-electron chi connectivity index (χ4n) is 16.6. The summed E-state index contributed by atoms with van der Waals surface area (Å²) in [5, 5.41) is 31.3. The van der Waals surface area contributed by atoms with E-state index in [9.17, 15) is 10.2 Å². The largest absolute Gasteiger partial charge is 0.490 e. The number of para-hydroxylation sites is 8. The Balaban J connectivity index is 0.905. The van der Waals surface area contributed by atoms with Crippen LogP contribution in [0, 0.1) is 0 Å². The molecule has 0 fully saturated rings. The Kier molecular flexibility index (Phi) is 15.3. The number of aliphatic hydroxyl groups excluding tert-OH is 2. The predicted molar refractivity (Wildman–Crippen MR) is 429 cm³/mol. The van der Waals surface area contributed by atoms with Gasteiger partial charge in [0.25, 0.3) is 0 Å². The van der Waals surface area contributed by atoms with Crippen molar-refractivity contribution in [2.75, 3.05) is 26.4 Å². The molecule has 4 aromatic heterocycles. The zero-order valence-corrected chi connectivity index (χ0v) is 57.2. The van der Waals surface area contributed by atoms with Crippen molar-refractivity contribution in [3.05, 3.63) is 362 Å². The molecule has 0 bridgehead atoms. The van der Waals surface area contributed by atoms with E-state index in [0.717, 1.165) is 128 Å². The topological polar surface area (TPSA) is 78.6 Å². The van der Waals surface area contributed by atoms with E-state index in [-0.39, 0.29) is 26.4 Å². The number of ether oxygens (including phenoxy) is 2. The molecule has 0 aliphatic rings. The summed E-state index contributed by atoms with van der Waals surface area (Å²) in [5.74, 6) is 1.30. The molecule has 15 aromatic carbocycles. The lowest BCUT2D eigenvalue weighted by Crippen LogP contribution is -2.26. The zero-order valence-electron chi connectivity index (χ0n) is 57.2. The van der Waals surface area contributed by atoms with Crippen LogP contribution in [0.3, 0.4) is 0 Å². The van der Waals surface area contributed by atoms with Gasteiger partial charge in [0.15, 0.2) is 0 Å². The standard InChI is InChI=1S/C96H70N4O4/c1-96(67-29-3-2-4-30-67,68-59-82(63-25-21-31-70(55-63)97-86-43-13-5-35-74(86)75-36-6-14-44-87(75)97)94(103-53-51-101)83(60-68)64-26-22-32-71(56-64)98-88-45-15-7-37-76(88)77-38-8-16-46-89(77)98)69-61-84(65-27-23-33-72(57-65)99-90-47-17-9-39-78(90)79-40-10-18-48-91(79)99)95(104-54-52-102)85(62-69)66-28-24-34-73(58-66)100-92-49-19-11-41-80(92)81-42-12-20-50-93(81)100/h2-50,55-62,101-102H,51-54H2,1H3. The molecule has 0 saturated heterocycles. The second kappa shape index (κ2) is 25.6. The van der Waals surface area contributed by atoms with Crippen LogP contribution in [0.25, 0.3) is 154 Å². The molecule has 0 atom stereocenters. The molecular formula is C96H70N4O4. The van der Waals surface area contributed by atoms with E-state index in [4.69, 9.17) is 9.47 Å². The number of hydrogen-bond donors (Lipinski definition) is 2. The molecule has 0 aliphatic heterocycles. The number of aliphatic hydroxyl groups is 2. The summed E-state index contributed by atoms with van der Waals surface area (Å²) in [4.78, 5) is 0. The van der Waals surface area contributed by atoms with Gasteiger partial charge in [0.05, 0.1) is 57.3 Å². The predicted octanol–water partition coefficient (Wildman–Crippen LogP) is 22.8. The maximum Gasteiger partial charge on any atom is 0.135 e. The van der Waals surface area contributed by atoms with Crippen molar-refractivity contribution in [3.8, 4) is 78.8 Å². The Morgan fingerprint density at radius 2 is 0.462 bits per heavy atom. The molecule has 19 rings (SSSR count). The maximum absolute atomic E-state index is 11.0. The van der Waals surface area contributed by atoms with Gasteiger partial charge in [-0.15, -0.1) is 0 Å². The molecule has 8 nitrogen and oxygen atoms in total. The van der Waals surface area contributed by atoms with Crippen LogP contribution in [0.2, 0.25) is 0 Å². The van der Waals surface area contributed by atoms with E-state index < -0.39 is 5.41 Å². The number of fused-ring (bicyclic) bond motifs is 12. The Morgan fingerprint density at radius 3 is 0.692 bits per heavy atom. The van der Waals surface area contributed by atoms with Crippen LogP contribution >= 0.6 is 0 Å². The highest BCUT2D eigenvalue weighted by Crippen LogP contribution is 2.52. The van der Waals surface area contributed by atoms with Crippen LogP contribution in [0.1, 0.15) is 23.6 Å². The molecule has 104 heavy (non-hydrogen) atoms. The molecule has 2 N–H and O–H groups in total. The molecule has 0 aliphatic carbocycles. The lowest BCUT2D eigenvalue weighted by Gasteiger charge is -2.35. The van der Waals surface area contributed by atoms with Crippen LogP contribution in [-0.2, 0) is 5.41 Å². The van der Waals surface area contributed by atoms with Gasteiger partial charge in [-0.2, -0.15) is 0 Å². The number of rotatable bonds is 17. The van der Waals surface area contributed by atoms with Gasteiger partial charge in [0, 0.05) is 93.5 Å². The van der Waals surface area contributed by atoms with Crippen molar-refractivity contribution >= 4 is 87.2 Å². The molecule has 0 radical (unpaired) electrons. The first-order valence-corrected chi connectivity index (χ1v) is 35.7. The minimum atomic E-state index is -0.969. The second-order valence-electron chi connectivity index (χ2n) is 27.1.